The van der Waals surface area contributed by atoms with Gasteiger partial charge < -0.3 is 28.4 Å². The molecule has 0 spiro atoms. The van der Waals surface area contributed by atoms with Gasteiger partial charge in [-0.2, -0.15) is 0 Å². The van der Waals surface area contributed by atoms with Crippen molar-refractivity contribution in [1.82, 2.24) is 0 Å². The third-order valence-corrected chi connectivity index (χ3v) is 4.59. The average molecular weight is 473 g/mol. The molecule has 2 aromatic rings. The maximum atomic E-state index is 13.4. The zero-order valence-electron chi connectivity index (χ0n) is 21.1. The lowest BCUT2D eigenvalue weighted by atomic mass is 10.0. The third-order valence-electron chi connectivity index (χ3n) is 4.59. The monoisotopic (exact) mass is 472 g/mol. The molecule has 0 saturated heterocycles. The summed E-state index contributed by atoms with van der Waals surface area (Å²) in [4.78, 5) is 13.4. The maximum Gasteiger partial charge on any atom is 0.193 e. The molecule has 7 nitrogen and oxygen atoms in total. The molecule has 0 fully saturated rings. The largest absolute Gasteiger partial charge is 0.494 e. The van der Waals surface area contributed by atoms with Crippen molar-refractivity contribution in [1.29, 1.82) is 0 Å². The molecule has 0 radical (unpaired) electrons. The van der Waals surface area contributed by atoms with Crippen molar-refractivity contribution < 1.29 is 33.2 Å². The molecule has 2 aromatic carbocycles. The van der Waals surface area contributed by atoms with Gasteiger partial charge in [0, 0.05) is 24.3 Å². The van der Waals surface area contributed by atoms with Crippen LogP contribution >= 0.6 is 0 Å². The summed E-state index contributed by atoms with van der Waals surface area (Å²) in [6.45, 7) is 14.0. The molecule has 0 saturated carbocycles. The second-order valence-electron chi connectivity index (χ2n) is 6.92. The molecule has 2 rings (SSSR count). The van der Waals surface area contributed by atoms with Crippen LogP contribution in [0.3, 0.4) is 0 Å². The third kappa shape index (κ3) is 7.07. The van der Waals surface area contributed by atoms with E-state index >= 15 is 0 Å². The molecule has 0 aromatic heterocycles. The van der Waals surface area contributed by atoms with E-state index in [1.54, 1.807) is 30.3 Å². The molecular formula is C27H36O7. The minimum atomic E-state index is -0.270. The quantitative estimate of drug-likeness (QED) is 0.233. The van der Waals surface area contributed by atoms with Gasteiger partial charge in [-0.15, -0.1) is 0 Å². The van der Waals surface area contributed by atoms with Crippen LogP contribution in [0, 0.1) is 0 Å². The van der Waals surface area contributed by atoms with Gasteiger partial charge in [0.25, 0.3) is 0 Å². The molecule has 0 atom stereocenters. The summed E-state index contributed by atoms with van der Waals surface area (Å²) in [5.41, 5.74) is 0.993. The summed E-state index contributed by atoms with van der Waals surface area (Å²) >= 11 is 0. The number of ketones is 1. The van der Waals surface area contributed by atoms with Crippen molar-refractivity contribution in [2.24, 2.45) is 0 Å². The zero-order chi connectivity index (χ0) is 24.9. The number of hydrogen-bond donors (Lipinski definition) is 0. The SMILES string of the molecule is CCOc1cc(OCC)c(/C=C/C(=O)c2c(OCC)cc(OCC)cc2OCC)c(OCC)c1. The summed E-state index contributed by atoms with van der Waals surface area (Å²) in [5, 5.41) is 0. The van der Waals surface area contributed by atoms with Gasteiger partial charge in [0.2, 0.25) is 0 Å². The number of carbonyl (C=O) groups is 1. The van der Waals surface area contributed by atoms with Gasteiger partial charge in [0.1, 0.15) is 40.1 Å². The first-order chi connectivity index (χ1) is 16.5. The van der Waals surface area contributed by atoms with Crippen LogP contribution in [0.25, 0.3) is 6.08 Å². The highest BCUT2D eigenvalue weighted by Crippen LogP contribution is 2.38. The fraction of sp³-hybridized carbons (Fsp3) is 0.444. The highest BCUT2D eigenvalue weighted by Gasteiger charge is 2.20. The van der Waals surface area contributed by atoms with E-state index in [0.29, 0.717) is 85.3 Å². The lowest BCUT2D eigenvalue weighted by Gasteiger charge is -2.16. The Balaban J connectivity index is 2.55. The van der Waals surface area contributed by atoms with Crippen molar-refractivity contribution in [2.45, 2.75) is 41.5 Å². The first-order valence-electron chi connectivity index (χ1n) is 11.9. The number of benzene rings is 2. The Morgan fingerprint density at radius 1 is 0.588 bits per heavy atom. The van der Waals surface area contributed by atoms with E-state index in [0.717, 1.165) is 0 Å². The van der Waals surface area contributed by atoms with Gasteiger partial charge in [-0.3, -0.25) is 4.79 Å². The standard InChI is InChI=1S/C27H36O7/c1-7-29-19-15-23(31-9-3)21(24(16-19)32-10-4)13-14-22(28)27-25(33-11-5)17-20(30-8-2)18-26(27)34-12-6/h13-18H,7-12H2,1-6H3/b14-13+. The van der Waals surface area contributed by atoms with Crippen LogP contribution in [0.4, 0.5) is 0 Å². The number of hydrogen-bond acceptors (Lipinski definition) is 7. The van der Waals surface area contributed by atoms with Gasteiger partial charge >= 0.3 is 0 Å². The van der Waals surface area contributed by atoms with E-state index in [2.05, 4.69) is 0 Å². The van der Waals surface area contributed by atoms with Crippen LogP contribution in [0.2, 0.25) is 0 Å². The molecule has 0 aliphatic heterocycles. The molecule has 0 amide bonds. The normalized spacial score (nSPS) is 10.8. The van der Waals surface area contributed by atoms with E-state index in [4.69, 9.17) is 28.4 Å². The first kappa shape index (κ1) is 26.9. The number of ether oxygens (including phenoxy) is 6. The molecule has 7 heteroatoms. The van der Waals surface area contributed by atoms with E-state index in [-0.39, 0.29) is 5.78 Å². The number of carbonyl (C=O) groups excluding carboxylic acids is 1. The average Bonchev–Trinajstić information content (AvgIpc) is 2.80. The topological polar surface area (TPSA) is 72.5 Å². The van der Waals surface area contributed by atoms with E-state index < -0.39 is 0 Å². The van der Waals surface area contributed by atoms with Crippen molar-refractivity contribution in [3.05, 3.63) is 41.5 Å². The van der Waals surface area contributed by atoms with Crippen molar-refractivity contribution >= 4 is 11.9 Å². The highest BCUT2D eigenvalue weighted by atomic mass is 16.5. The second kappa shape index (κ2) is 14.0. The summed E-state index contributed by atoms with van der Waals surface area (Å²) < 4.78 is 34.5. The molecule has 0 N–H and O–H groups in total. The zero-order valence-corrected chi connectivity index (χ0v) is 21.1. The lowest BCUT2D eigenvalue weighted by Crippen LogP contribution is -2.07. The Morgan fingerprint density at radius 3 is 1.32 bits per heavy atom. The Morgan fingerprint density at radius 2 is 0.941 bits per heavy atom. The van der Waals surface area contributed by atoms with Crippen LogP contribution in [-0.4, -0.2) is 45.4 Å². The highest BCUT2D eigenvalue weighted by molar-refractivity contribution is 6.11. The molecular weight excluding hydrogens is 436 g/mol. The predicted molar refractivity (Wildman–Crippen MR) is 133 cm³/mol. The molecule has 34 heavy (non-hydrogen) atoms. The van der Waals surface area contributed by atoms with Gasteiger partial charge in [0.15, 0.2) is 5.78 Å². The summed E-state index contributed by atoms with van der Waals surface area (Å²) in [7, 11) is 0. The van der Waals surface area contributed by atoms with Crippen LogP contribution in [0.15, 0.2) is 30.3 Å². The fourth-order valence-corrected chi connectivity index (χ4v) is 3.38. The van der Waals surface area contributed by atoms with E-state index in [9.17, 15) is 4.79 Å². The molecule has 186 valence electrons. The van der Waals surface area contributed by atoms with E-state index in [1.807, 2.05) is 41.5 Å². The molecule has 0 aliphatic carbocycles. The minimum absolute atomic E-state index is 0.270. The molecule has 0 aliphatic rings. The molecule has 0 bridgehead atoms. The summed E-state index contributed by atoms with van der Waals surface area (Å²) in [6.07, 6.45) is 3.16. The van der Waals surface area contributed by atoms with Crippen molar-refractivity contribution in [3.63, 3.8) is 0 Å². The lowest BCUT2D eigenvalue weighted by molar-refractivity contribution is 0.104. The van der Waals surface area contributed by atoms with Crippen LogP contribution in [-0.2, 0) is 0 Å². The number of rotatable bonds is 15. The molecule has 0 heterocycles. The van der Waals surface area contributed by atoms with Gasteiger partial charge in [-0.05, 0) is 53.7 Å². The minimum Gasteiger partial charge on any atom is -0.494 e. The Labute approximate surface area is 202 Å². The van der Waals surface area contributed by atoms with Crippen molar-refractivity contribution in [3.8, 4) is 34.5 Å². The predicted octanol–water partition coefficient (Wildman–Crippen LogP) is 5.97. The maximum absolute atomic E-state index is 13.4. The van der Waals surface area contributed by atoms with Gasteiger partial charge in [-0.25, -0.2) is 0 Å². The first-order valence-corrected chi connectivity index (χ1v) is 11.9. The van der Waals surface area contributed by atoms with Crippen LogP contribution < -0.4 is 28.4 Å². The van der Waals surface area contributed by atoms with Crippen LogP contribution in [0.1, 0.15) is 57.5 Å². The Bertz CT molecular complexity index is 911. The van der Waals surface area contributed by atoms with Crippen LogP contribution in [0.5, 0.6) is 34.5 Å². The van der Waals surface area contributed by atoms with Gasteiger partial charge in [0.05, 0.1) is 45.2 Å². The van der Waals surface area contributed by atoms with E-state index in [1.165, 1.54) is 6.08 Å². The smallest absolute Gasteiger partial charge is 0.193 e. The Kier molecular flexibility index (Phi) is 11.1. The van der Waals surface area contributed by atoms with Crippen molar-refractivity contribution in [2.75, 3.05) is 39.6 Å². The fourth-order valence-electron chi connectivity index (χ4n) is 3.38. The molecule has 0 unspecified atom stereocenters. The summed E-state index contributed by atoms with van der Waals surface area (Å²) in [6, 6.07) is 7.02. The Hall–Kier alpha value is -3.35. The van der Waals surface area contributed by atoms with Gasteiger partial charge in [-0.1, -0.05) is 0 Å². The summed E-state index contributed by atoms with van der Waals surface area (Å²) in [5.74, 6) is 2.92. The second-order valence-corrected chi connectivity index (χ2v) is 6.92. The number of allylic oxidation sites excluding steroid dienone is 1.